The number of amides is 1. The Bertz CT molecular complexity index is 1290. The van der Waals surface area contributed by atoms with Crippen LogP contribution in [-0.2, 0) is 13.2 Å². The molecule has 0 aliphatic rings. The highest BCUT2D eigenvalue weighted by molar-refractivity contribution is 6.30. The Morgan fingerprint density at radius 2 is 1.85 bits per heavy atom. The summed E-state index contributed by atoms with van der Waals surface area (Å²) in [4.78, 5) is 12.9. The molecule has 0 aliphatic heterocycles. The van der Waals surface area contributed by atoms with Gasteiger partial charge in [0.25, 0.3) is 5.91 Å². The molecule has 2 heterocycles. The van der Waals surface area contributed by atoms with Crippen LogP contribution >= 0.6 is 11.6 Å². The normalized spacial score (nSPS) is 10.9. The second kappa shape index (κ2) is 9.50. The molecule has 0 radical (unpaired) electrons. The number of halogens is 1. The number of rotatable bonds is 7. The first-order valence-electron chi connectivity index (χ1n) is 10.5. The van der Waals surface area contributed by atoms with Crippen molar-refractivity contribution in [3.05, 3.63) is 93.0 Å². The Kier molecular flexibility index (Phi) is 6.51. The first-order valence-corrected chi connectivity index (χ1v) is 10.9. The van der Waals surface area contributed by atoms with E-state index in [1.165, 1.54) is 0 Å². The van der Waals surface area contributed by atoms with Gasteiger partial charge < -0.3 is 14.6 Å². The lowest BCUT2D eigenvalue weighted by molar-refractivity contribution is 0.101. The number of anilines is 1. The molecule has 0 fully saturated rings. The first kappa shape index (κ1) is 22.6. The lowest BCUT2D eigenvalue weighted by Gasteiger charge is -2.08. The van der Waals surface area contributed by atoms with E-state index in [9.17, 15) is 4.79 Å². The predicted octanol–water partition coefficient (Wildman–Crippen LogP) is 5.64. The van der Waals surface area contributed by atoms with Crippen LogP contribution in [0.15, 0.2) is 53.1 Å². The van der Waals surface area contributed by atoms with Crippen LogP contribution in [0.2, 0.25) is 5.02 Å². The van der Waals surface area contributed by atoms with E-state index >= 15 is 0 Å². The standard InChI is InChI=1S/C25H25ClN4O3/c1-15-8-16(2)10-21(9-15)32-14-22-18(4)33-29-24(22)25(31)27-23-11-17(3)30(28-23)13-19-6-5-7-20(26)12-19/h5-12H,13-14H2,1-4H3,(H,27,28,31). The lowest BCUT2D eigenvalue weighted by atomic mass is 10.1. The van der Waals surface area contributed by atoms with E-state index in [4.69, 9.17) is 20.9 Å². The second-order valence-electron chi connectivity index (χ2n) is 8.09. The van der Waals surface area contributed by atoms with Crippen molar-refractivity contribution in [2.75, 3.05) is 5.32 Å². The summed E-state index contributed by atoms with van der Waals surface area (Å²) >= 11 is 6.08. The van der Waals surface area contributed by atoms with Crippen molar-refractivity contribution in [2.24, 2.45) is 0 Å². The van der Waals surface area contributed by atoms with E-state index < -0.39 is 5.91 Å². The van der Waals surface area contributed by atoms with Crippen molar-refractivity contribution < 1.29 is 14.1 Å². The largest absolute Gasteiger partial charge is 0.489 e. The number of benzene rings is 2. The molecule has 8 heteroatoms. The van der Waals surface area contributed by atoms with Crippen molar-refractivity contribution in [1.29, 1.82) is 0 Å². The van der Waals surface area contributed by atoms with Gasteiger partial charge in [-0.15, -0.1) is 0 Å². The Balaban J connectivity index is 1.47. The molecule has 170 valence electrons. The number of hydrogen-bond donors (Lipinski definition) is 1. The second-order valence-corrected chi connectivity index (χ2v) is 8.53. The van der Waals surface area contributed by atoms with Crippen LogP contribution in [-0.4, -0.2) is 20.8 Å². The highest BCUT2D eigenvalue weighted by atomic mass is 35.5. The third kappa shape index (κ3) is 5.43. The SMILES string of the molecule is Cc1cc(C)cc(OCc2c(C(=O)Nc3cc(C)n(Cc4cccc(Cl)c4)n3)noc2C)c1. The van der Waals surface area contributed by atoms with Gasteiger partial charge in [0.05, 0.1) is 12.1 Å². The quantitative estimate of drug-likeness (QED) is 0.383. The van der Waals surface area contributed by atoms with Gasteiger partial charge in [-0.05, 0) is 68.7 Å². The average Bonchev–Trinajstić information content (AvgIpc) is 3.27. The highest BCUT2D eigenvalue weighted by Crippen LogP contribution is 2.22. The molecule has 1 N–H and O–H groups in total. The minimum absolute atomic E-state index is 0.170. The predicted molar refractivity (Wildman–Crippen MR) is 127 cm³/mol. The van der Waals surface area contributed by atoms with Gasteiger partial charge in [-0.3, -0.25) is 9.48 Å². The fourth-order valence-corrected chi connectivity index (χ4v) is 3.84. The van der Waals surface area contributed by atoms with Crippen LogP contribution in [0.1, 0.15) is 44.2 Å². The number of ether oxygens (including phenoxy) is 1. The molecule has 0 bridgehead atoms. The van der Waals surface area contributed by atoms with E-state index in [2.05, 4.69) is 21.6 Å². The molecule has 0 saturated carbocycles. The molecule has 7 nitrogen and oxygen atoms in total. The van der Waals surface area contributed by atoms with Gasteiger partial charge >= 0.3 is 0 Å². The molecule has 2 aromatic carbocycles. The molecule has 0 unspecified atom stereocenters. The van der Waals surface area contributed by atoms with Gasteiger partial charge in [-0.1, -0.05) is 35.0 Å². The van der Waals surface area contributed by atoms with Crippen molar-refractivity contribution in [3.8, 4) is 5.75 Å². The maximum atomic E-state index is 12.9. The van der Waals surface area contributed by atoms with Crippen LogP contribution in [0, 0.1) is 27.7 Å². The fraction of sp³-hybridized carbons (Fsp3) is 0.240. The number of carbonyl (C=O) groups excluding carboxylic acids is 1. The Hall–Kier alpha value is -3.58. The molecule has 0 spiro atoms. The molecule has 0 atom stereocenters. The average molecular weight is 465 g/mol. The van der Waals surface area contributed by atoms with Crippen molar-refractivity contribution >= 4 is 23.3 Å². The van der Waals surface area contributed by atoms with E-state index in [1.807, 2.05) is 57.2 Å². The summed E-state index contributed by atoms with van der Waals surface area (Å²) in [7, 11) is 0. The van der Waals surface area contributed by atoms with Gasteiger partial charge in [-0.2, -0.15) is 5.10 Å². The van der Waals surface area contributed by atoms with E-state index in [-0.39, 0.29) is 12.3 Å². The van der Waals surface area contributed by atoms with Crippen LogP contribution < -0.4 is 10.1 Å². The maximum Gasteiger partial charge on any atom is 0.279 e. The minimum Gasteiger partial charge on any atom is -0.489 e. The summed E-state index contributed by atoms with van der Waals surface area (Å²) in [5.74, 6) is 1.29. The smallest absolute Gasteiger partial charge is 0.279 e. The van der Waals surface area contributed by atoms with Crippen molar-refractivity contribution in [3.63, 3.8) is 0 Å². The maximum absolute atomic E-state index is 12.9. The number of carbonyl (C=O) groups is 1. The molecule has 4 aromatic rings. The van der Waals surface area contributed by atoms with Gasteiger partial charge in [0.1, 0.15) is 18.1 Å². The van der Waals surface area contributed by atoms with Crippen molar-refractivity contribution in [2.45, 2.75) is 40.8 Å². The fourth-order valence-electron chi connectivity index (χ4n) is 3.63. The monoisotopic (exact) mass is 464 g/mol. The van der Waals surface area contributed by atoms with Crippen LogP contribution in [0.5, 0.6) is 5.75 Å². The molecule has 2 aromatic heterocycles. The number of aromatic nitrogens is 3. The third-order valence-corrected chi connectivity index (χ3v) is 5.46. The van der Waals surface area contributed by atoms with E-state index in [1.54, 1.807) is 17.7 Å². The molecule has 4 rings (SSSR count). The third-order valence-electron chi connectivity index (χ3n) is 5.22. The van der Waals surface area contributed by atoms with Gasteiger partial charge in [0, 0.05) is 16.8 Å². The Labute approximate surface area is 197 Å². The summed E-state index contributed by atoms with van der Waals surface area (Å²) in [5.41, 5.74) is 4.91. The highest BCUT2D eigenvalue weighted by Gasteiger charge is 2.21. The zero-order valence-electron chi connectivity index (χ0n) is 19.0. The zero-order chi connectivity index (χ0) is 23.5. The van der Waals surface area contributed by atoms with Crippen LogP contribution in [0.25, 0.3) is 0 Å². The van der Waals surface area contributed by atoms with E-state index in [0.717, 1.165) is 28.1 Å². The molecule has 0 saturated heterocycles. The molecular weight excluding hydrogens is 440 g/mol. The van der Waals surface area contributed by atoms with Gasteiger partial charge in [-0.25, -0.2) is 0 Å². The van der Waals surface area contributed by atoms with E-state index in [0.29, 0.717) is 28.7 Å². The summed E-state index contributed by atoms with van der Waals surface area (Å²) in [6.45, 7) is 8.42. The van der Waals surface area contributed by atoms with Gasteiger partial charge in [0.2, 0.25) is 0 Å². The summed E-state index contributed by atoms with van der Waals surface area (Å²) in [6, 6.07) is 15.4. The number of hydrogen-bond acceptors (Lipinski definition) is 5. The summed E-state index contributed by atoms with van der Waals surface area (Å²) in [6.07, 6.45) is 0. The lowest BCUT2D eigenvalue weighted by Crippen LogP contribution is -2.16. The topological polar surface area (TPSA) is 82.2 Å². The van der Waals surface area contributed by atoms with Crippen LogP contribution in [0.4, 0.5) is 5.82 Å². The molecular formula is C25H25ClN4O3. The summed E-state index contributed by atoms with van der Waals surface area (Å²) < 4.78 is 13.0. The number of nitrogens with zero attached hydrogens (tertiary/aromatic N) is 3. The first-order chi connectivity index (χ1) is 15.8. The molecule has 33 heavy (non-hydrogen) atoms. The summed E-state index contributed by atoms with van der Waals surface area (Å²) in [5, 5.41) is 11.9. The van der Waals surface area contributed by atoms with Crippen LogP contribution in [0.3, 0.4) is 0 Å². The minimum atomic E-state index is -0.404. The zero-order valence-corrected chi connectivity index (χ0v) is 19.7. The molecule has 0 aliphatic carbocycles. The van der Waals surface area contributed by atoms with Gasteiger partial charge in [0.15, 0.2) is 11.5 Å². The Morgan fingerprint density at radius 1 is 1.09 bits per heavy atom. The van der Waals surface area contributed by atoms with Crippen molar-refractivity contribution in [1.82, 2.24) is 14.9 Å². The number of nitrogens with one attached hydrogen (secondary N) is 1. The Morgan fingerprint density at radius 3 is 2.58 bits per heavy atom. The number of aryl methyl sites for hydroxylation is 4. The molecule has 1 amide bonds.